The molecule has 4 rings (SSSR count). The van der Waals surface area contributed by atoms with Gasteiger partial charge in [-0.15, -0.1) is 0 Å². The van der Waals surface area contributed by atoms with Crippen molar-refractivity contribution in [3.63, 3.8) is 0 Å². The van der Waals surface area contributed by atoms with Crippen LogP contribution in [0.25, 0.3) is 11.2 Å². The molecule has 1 amide bonds. The summed E-state index contributed by atoms with van der Waals surface area (Å²) < 4.78 is 3.42. The van der Waals surface area contributed by atoms with Crippen LogP contribution >= 0.6 is 0 Å². The molecule has 0 saturated carbocycles. The molecule has 1 unspecified atom stereocenters. The second-order valence-corrected chi connectivity index (χ2v) is 9.34. The van der Waals surface area contributed by atoms with Gasteiger partial charge in [0.05, 0.1) is 11.6 Å². The van der Waals surface area contributed by atoms with E-state index in [0.717, 1.165) is 23.4 Å². The quantitative estimate of drug-likeness (QED) is 0.725. The minimum Gasteiger partial charge on any atom is -0.351 e. The van der Waals surface area contributed by atoms with E-state index in [1.54, 1.807) is 23.1 Å². The first-order valence-corrected chi connectivity index (χ1v) is 10.3. The van der Waals surface area contributed by atoms with Crippen LogP contribution in [0, 0.1) is 5.41 Å². The maximum absolute atomic E-state index is 12.9. The van der Waals surface area contributed by atoms with Crippen LogP contribution in [0.3, 0.4) is 0 Å². The molecule has 3 aromatic rings. The van der Waals surface area contributed by atoms with Gasteiger partial charge in [0.1, 0.15) is 5.82 Å². The number of hydrogen-bond acceptors (Lipinski definition) is 4. The van der Waals surface area contributed by atoms with Crippen LogP contribution in [0.15, 0.2) is 41.2 Å². The first kappa shape index (κ1) is 20.2. The van der Waals surface area contributed by atoms with E-state index >= 15 is 0 Å². The maximum atomic E-state index is 12.9. The molecule has 1 atom stereocenters. The third-order valence-corrected chi connectivity index (χ3v) is 5.43. The van der Waals surface area contributed by atoms with E-state index in [1.165, 1.54) is 5.56 Å². The number of anilines is 2. The molecule has 2 aromatic heterocycles. The van der Waals surface area contributed by atoms with Crippen molar-refractivity contribution in [2.75, 3.05) is 11.4 Å². The lowest BCUT2D eigenvalue weighted by Gasteiger charge is -2.35. The predicted octanol–water partition coefficient (Wildman–Crippen LogP) is 2.98. The highest BCUT2D eigenvalue weighted by Crippen LogP contribution is 2.33. The van der Waals surface area contributed by atoms with E-state index in [1.807, 2.05) is 24.3 Å². The number of rotatable bonds is 3. The molecule has 0 aliphatic carbocycles. The molecule has 0 fully saturated rings. The molecule has 3 heterocycles. The zero-order valence-electron chi connectivity index (χ0n) is 18.3. The number of aromatic nitrogens is 3. The molecule has 7 heteroatoms. The SMILES string of the molecule is CC(=O)NC1Cc2ccccc2N(c2ccc3c(n2)n(C)c(=O)n3CC(C)(C)C)C1. The molecular formula is C23H29N5O2. The Bertz CT molecular complexity index is 1170. The Morgan fingerprint density at radius 3 is 2.63 bits per heavy atom. The van der Waals surface area contributed by atoms with Gasteiger partial charge in [0.2, 0.25) is 5.91 Å². The summed E-state index contributed by atoms with van der Waals surface area (Å²) in [4.78, 5) is 31.5. The number of nitrogens with one attached hydrogen (secondary N) is 1. The Morgan fingerprint density at radius 1 is 1.20 bits per heavy atom. The van der Waals surface area contributed by atoms with Crippen LogP contribution in [0.1, 0.15) is 33.3 Å². The minimum atomic E-state index is -0.0558. The lowest BCUT2D eigenvalue weighted by Crippen LogP contribution is -2.46. The molecule has 1 aliphatic heterocycles. The zero-order chi connectivity index (χ0) is 21.6. The van der Waals surface area contributed by atoms with Crippen LogP contribution in [0.5, 0.6) is 0 Å². The molecular weight excluding hydrogens is 378 g/mol. The monoisotopic (exact) mass is 407 g/mol. The topological polar surface area (TPSA) is 72.2 Å². The second-order valence-electron chi connectivity index (χ2n) is 9.34. The van der Waals surface area contributed by atoms with Gasteiger partial charge in [0, 0.05) is 32.7 Å². The molecule has 1 aliphatic rings. The summed E-state index contributed by atoms with van der Waals surface area (Å²) in [6, 6.07) is 12.1. The summed E-state index contributed by atoms with van der Waals surface area (Å²) in [6.07, 6.45) is 0.787. The highest BCUT2D eigenvalue weighted by atomic mass is 16.2. The summed E-state index contributed by atoms with van der Waals surface area (Å²) >= 11 is 0. The number of carbonyl (C=O) groups excluding carboxylic acids is 1. The van der Waals surface area contributed by atoms with E-state index in [4.69, 9.17) is 4.98 Å². The number of hydrogen-bond donors (Lipinski definition) is 1. The third-order valence-electron chi connectivity index (χ3n) is 5.43. The number of nitrogens with zero attached hydrogens (tertiary/aromatic N) is 4. The van der Waals surface area contributed by atoms with Crippen molar-refractivity contribution in [2.45, 2.75) is 46.7 Å². The minimum absolute atomic E-state index is 0.00389. The Balaban J connectivity index is 1.80. The van der Waals surface area contributed by atoms with Crippen LogP contribution < -0.4 is 15.9 Å². The first-order valence-electron chi connectivity index (χ1n) is 10.3. The Labute approximate surface area is 176 Å². The zero-order valence-corrected chi connectivity index (χ0v) is 18.3. The predicted molar refractivity (Wildman–Crippen MR) is 119 cm³/mol. The molecule has 0 saturated heterocycles. The maximum Gasteiger partial charge on any atom is 0.330 e. The van der Waals surface area contributed by atoms with Crippen LogP contribution in [0.2, 0.25) is 0 Å². The fraction of sp³-hybridized carbons (Fsp3) is 0.435. The van der Waals surface area contributed by atoms with Gasteiger partial charge in [-0.1, -0.05) is 39.0 Å². The second kappa shape index (κ2) is 7.31. The van der Waals surface area contributed by atoms with Gasteiger partial charge in [0.25, 0.3) is 0 Å². The molecule has 1 N–H and O–H groups in total. The fourth-order valence-electron chi connectivity index (χ4n) is 4.24. The number of amides is 1. The van der Waals surface area contributed by atoms with E-state index in [2.05, 4.69) is 43.1 Å². The molecule has 0 bridgehead atoms. The summed E-state index contributed by atoms with van der Waals surface area (Å²) in [5.41, 5.74) is 3.69. The van der Waals surface area contributed by atoms with Crippen LogP contribution in [0.4, 0.5) is 11.5 Å². The number of carbonyl (C=O) groups is 1. The van der Waals surface area contributed by atoms with Crippen molar-refractivity contribution in [1.29, 1.82) is 0 Å². The van der Waals surface area contributed by atoms with Gasteiger partial charge in [-0.3, -0.25) is 13.9 Å². The van der Waals surface area contributed by atoms with Crippen molar-refractivity contribution < 1.29 is 4.79 Å². The van der Waals surface area contributed by atoms with Crippen LogP contribution in [-0.2, 0) is 24.8 Å². The average molecular weight is 408 g/mol. The number of fused-ring (bicyclic) bond motifs is 2. The van der Waals surface area contributed by atoms with Crippen molar-refractivity contribution >= 4 is 28.6 Å². The number of para-hydroxylation sites is 1. The Kier molecular flexibility index (Phi) is 4.92. The normalized spacial score (nSPS) is 16.6. The van der Waals surface area contributed by atoms with E-state index in [0.29, 0.717) is 18.7 Å². The van der Waals surface area contributed by atoms with Gasteiger partial charge < -0.3 is 10.2 Å². The van der Waals surface area contributed by atoms with Gasteiger partial charge >= 0.3 is 5.69 Å². The summed E-state index contributed by atoms with van der Waals surface area (Å²) in [5.74, 6) is 0.734. The van der Waals surface area contributed by atoms with Gasteiger partial charge in [-0.05, 0) is 35.6 Å². The van der Waals surface area contributed by atoms with Gasteiger partial charge in [0.15, 0.2) is 5.65 Å². The van der Waals surface area contributed by atoms with E-state index in [-0.39, 0.29) is 23.1 Å². The average Bonchev–Trinajstić information content (AvgIpc) is 2.90. The van der Waals surface area contributed by atoms with E-state index < -0.39 is 0 Å². The largest absolute Gasteiger partial charge is 0.351 e. The first-order chi connectivity index (χ1) is 14.1. The van der Waals surface area contributed by atoms with Crippen molar-refractivity contribution in [2.24, 2.45) is 12.5 Å². The number of pyridine rings is 1. The Morgan fingerprint density at radius 2 is 1.93 bits per heavy atom. The molecule has 30 heavy (non-hydrogen) atoms. The smallest absolute Gasteiger partial charge is 0.330 e. The van der Waals surface area contributed by atoms with Crippen LogP contribution in [-0.4, -0.2) is 32.6 Å². The molecule has 0 spiro atoms. The van der Waals surface area contributed by atoms with Crippen molar-refractivity contribution in [1.82, 2.24) is 19.4 Å². The van der Waals surface area contributed by atoms with E-state index in [9.17, 15) is 9.59 Å². The molecule has 7 nitrogen and oxygen atoms in total. The van der Waals surface area contributed by atoms with Crippen molar-refractivity contribution in [3.05, 3.63) is 52.4 Å². The molecule has 1 aromatic carbocycles. The van der Waals surface area contributed by atoms with Gasteiger partial charge in [-0.2, -0.15) is 0 Å². The summed E-state index contributed by atoms with van der Waals surface area (Å²) in [7, 11) is 1.77. The highest BCUT2D eigenvalue weighted by Gasteiger charge is 2.27. The lowest BCUT2D eigenvalue weighted by molar-refractivity contribution is -0.119. The molecule has 0 radical (unpaired) electrons. The summed E-state index contributed by atoms with van der Waals surface area (Å²) in [6.45, 7) is 9.16. The highest BCUT2D eigenvalue weighted by molar-refractivity contribution is 5.77. The third kappa shape index (κ3) is 3.72. The fourth-order valence-corrected chi connectivity index (χ4v) is 4.24. The van der Waals surface area contributed by atoms with Gasteiger partial charge in [-0.25, -0.2) is 9.78 Å². The molecule has 158 valence electrons. The summed E-state index contributed by atoms with van der Waals surface area (Å²) in [5, 5.41) is 3.04. The standard InChI is InChI=1S/C23H29N5O2/c1-15(29)24-17-12-16-8-6-7-9-18(16)27(13-17)20-11-10-19-21(25-20)26(5)22(30)28(19)14-23(2,3)4/h6-11,17H,12-14H2,1-5H3,(H,24,29). The number of imidazole rings is 1. The lowest BCUT2D eigenvalue weighted by atomic mass is 9.97. The number of aryl methyl sites for hydroxylation is 1. The number of benzene rings is 1. The Hall–Kier alpha value is -3.09. The van der Waals surface area contributed by atoms with Crippen molar-refractivity contribution in [3.8, 4) is 0 Å².